The van der Waals surface area contributed by atoms with Gasteiger partial charge >= 0.3 is 0 Å². The van der Waals surface area contributed by atoms with Crippen molar-refractivity contribution in [2.45, 2.75) is 76.1 Å². The van der Waals surface area contributed by atoms with Crippen molar-refractivity contribution in [1.29, 1.82) is 0 Å². The lowest BCUT2D eigenvalue weighted by Gasteiger charge is -2.19. The van der Waals surface area contributed by atoms with Crippen LogP contribution in [0.2, 0.25) is 0 Å². The van der Waals surface area contributed by atoms with E-state index in [4.69, 9.17) is 0 Å². The number of carbonyl (C=O) groups excluding carboxylic acids is 1. The van der Waals surface area contributed by atoms with Gasteiger partial charge in [-0.25, -0.2) is 0 Å². The number of aliphatic hydroxyl groups is 1. The van der Waals surface area contributed by atoms with Gasteiger partial charge in [-0.1, -0.05) is 61.4 Å². The standard InChI is InChI=1S/C13H25BrO2/c1-4-5-6-7-8-9-10-11(15)12(16)13(2,3)14/h11,15H,4-10H2,1-3H3. The zero-order chi connectivity index (χ0) is 12.6. The van der Waals surface area contributed by atoms with Crippen molar-refractivity contribution in [2.75, 3.05) is 0 Å². The van der Waals surface area contributed by atoms with E-state index in [1.54, 1.807) is 13.8 Å². The Morgan fingerprint density at radius 3 is 2.19 bits per heavy atom. The lowest BCUT2D eigenvalue weighted by molar-refractivity contribution is -0.128. The number of carbonyl (C=O) groups is 1. The minimum atomic E-state index is -0.805. The first-order valence-corrected chi connectivity index (χ1v) is 7.10. The molecule has 0 aromatic rings. The fraction of sp³-hybridized carbons (Fsp3) is 0.923. The van der Waals surface area contributed by atoms with Gasteiger partial charge in [-0.2, -0.15) is 0 Å². The van der Waals surface area contributed by atoms with E-state index in [1.807, 2.05) is 0 Å². The number of aliphatic hydroxyl groups excluding tert-OH is 1. The lowest BCUT2D eigenvalue weighted by atomic mass is 9.98. The summed E-state index contributed by atoms with van der Waals surface area (Å²) < 4.78 is -0.603. The zero-order valence-corrected chi connectivity index (χ0v) is 12.3. The fourth-order valence-electron chi connectivity index (χ4n) is 1.65. The van der Waals surface area contributed by atoms with Gasteiger partial charge in [-0.3, -0.25) is 4.79 Å². The highest BCUT2D eigenvalue weighted by molar-refractivity contribution is 9.10. The number of Topliss-reactive ketones (excluding diaryl/α,β-unsaturated/α-hetero) is 1. The average Bonchev–Trinajstić information content (AvgIpc) is 2.20. The molecule has 0 bridgehead atoms. The van der Waals surface area contributed by atoms with Crippen LogP contribution in [-0.4, -0.2) is 21.3 Å². The van der Waals surface area contributed by atoms with Gasteiger partial charge < -0.3 is 5.11 Å². The third-order valence-electron chi connectivity index (χ3n) is 2.72. The topological polar surface area (TPSA) is 37.3 Å². The molecule has 0 saturated carbocycles. The molecule has 0 aliphatic carbocycles. The van der Waals surface area contributed by atoms with E-state index in [9.17, 15) is 9.90 Å². The van der Waals surface area contributed by atoms with Gasteiger partial charge in [0.1, 0.15) is 6.10 Å². The molecule has 0 heterocycles. The van der Waals surface area contributed by atoms with E-state index in [-0.39, 0.29) is 5.78 Å². The number of ketones is 1. The maximum atomic E-state index is 11.6. The van der Waals surface area contributed by atoms with Crippen LogP contribution in [0.25, 0.3) is 0 Å². The predicted octanol–water partition coefficient (Wildman–Crippen LogP) is 3.84. The molecule has 0 amide bonds. The first-order chi connectivity index (χ1) is 7.39. The monoisotopic (exact) mass is 292 g/mol. The van der Waals surface area contributed by atoms with E-state index in [2.05, 4.69) is 22.9 Å². The molecule has 2 nitrogen and oxygen atoms in total. The molecule has 0 aliphatic rings. The van der Waals surface area contributed by atoms with Crippen LogP contribution < -0.4 is 0 Å². The van der Waals surface area contributed by atoms with Gasteiger partial charge in [0.05, 0.1) is 4.32 Å². The molecule has 0 rings (SSSR count). The lowest BCUT2D eigenvalue weighted by Crippen LogP contribution is -2.35. The summed E-state index contributed by atoms with van der Waals surface area (Å²) >= 11 is 3.28. The van der Waals surface area contributed by atoms with E-state index in [1.165, 1.54) is 25.7 Å². The Hall–Kier alpha value is 0.110. The van der Waals surface area contributed by atoms with Crippen molar-refractivity contribution < 1.29 is 9.90 Å². The summed E-state index contributed by atoms with van der Waals surface area (Å²) in [6, 6.07) is 0. The normalized spacial score (nSPS) is 13.8. The molecule has 3 heteroatoms. The average molecular weight is 293 g/mol. The number of unbranched alkanes of at least 4 members (excludes halogenated alkanes) is 5. The number of rotatable bonds is 9. The summed E-state index contributed by atoms with van der Waals surface area (Å²) in [7, 11) is 0. The molecule has 16 heavy (non-hydrogen) atoms. The predicted molar refractivity (Wildman–Crippen MR) is 72.0 cm³/mol. The molecule has 96 valence electrons. The van der Waals surface area contributed by atoms with Crippen molar-refractivity contribution in [3.05, 3.63) is 0 Å². The smallest absolute Gasteiger partial charge is 0.177 e. The van der Waals surface area contributed by atoms with Gasteiger partial charge in [-0.05, 0) is 20.3 Å². The number of hydrogen-bond donors (Lipinski definition) is 1. The molecule has 0 aromatic heterocycles. The molecule has 1 N–H and O–H groups in total. The van der Waals surface area contributed by atoms with Gasteiger partial charge in [0, 0.05) is 0 Å². The molecule has 0 spiro atoms. The summed E-state index contributed by atoms with van der Waals surface area (Å²) in [6.45, 7) is 5.75. The van der Waals surface area contributed by atoms with Crippen molar-refractivity contribution in [2.24, 2.45) is 0 Å². The number of hydrogen-bond acceptors (Lipinski definition) is 2. The Labute approximate surface area is 108 Å². The SMILES string of the molecule is CCCCCCCCC(O)C(=O)C(C)(C)Br. The quantitative estimate of drug-likeness (QED) is 0.518. The van der Waals surface area contributed by atoms with Crippen LogP contribution in [0.3, 0.4) is 0 Å². The number of alkyl halides is 1. The highest BCUT2D eigenvalue weighted by Crippen LogP contribution is 2.21. The van der Waals surface area contributed by atoms with Crippen LogP contribution in [0.1, 0.15) is 65.7 Å². The minimum Gasteiger partial charge on any atom is -0.385 e. The summed E-state index contributed by atoms with van der Waals surface area (Å²) in [5.41, 5.74) is 0. The minimum absolute atomic E-state index is 0.110. The first-order valence-electron chi connectivity index (χ1n) is 6.31. The van der Waals surface area contributed by atoms with Gasteiger partial charge in [0.2, 0.25) is 0 Å². The van der Waals surface area contributed by atoms with Crippen molar-refractivity contribution in [1.82, 2.24) is 0 Å². The van der Waals surface area contributed by atoms with Crippen LogP contribution in [0.4, 0.5) is 0 Å². The first kappa shape index (κ1) is 16.1. The van der Waals surface area contributed by atoms with Crippen LogP contribution in [0.5, 0.6) is 0 Å². The largest absolute Gasteiger partial charge is 0.385 e. The second-order valence-corrected chi connectivity index (χ2v) is 6.89. The van der Waals surface area contributed by atoms with Crippen LogP contribution >= 0.6 is 15.9 Å². The third-order valence-corrected chi connectivity index (χ3v) is 3.11. The molecule has 1 atom stereocenters. The molecule has 0 saturated heterocycles. The zero-order valence-electron chi connectivity index (χ0n) is 10.8. The highest BCUT2D eigenvalue weighted by atomic mass is 79.9. The molecule has 0 fully saturated rings. The molecule has 1 unspecified atom stereocenters. The molecule has 0 aromatic carbocycles. The Morgan fingerprint density at radius 1 is 1.19 bits per heavy atom. The van der Waals surface area contributed by atoms with E-state index in [0.717, 1.165) is 12.8 Å². The van der Waals surface area contributed by atoms with Crippen LogP contribution in [0, 0.1) is 0 Å². The summed E-state index contributed by atoms with van der Waals surface area (Å²) in [5, 5.41) is 9.68. The van der Waals surface area contributed by atoms with E-state index >= 15 is 0 Å². The van der Waals surface area contributed by atoms with E-state index < -0.39 is 10.4 Å². The Kier molecular flexibility index (Phi) is 8.29. The summed E-state index contributed by atoms with van der Waals surface area (Å²) in [5.74, 6) is -0.110. The van der Waals surface area contributed by atoms with Gasteiger partial charge in [0.25, 0.3) is 0 Å². The van der Waals surface area contributed by atoms with Crippen LogP contribution in [-0.2, 0) is 4.79 Å². The second kappa shape index (κ2) is 8.24. The Bertz CT molecular complexity index is 197. The van der Waals surface area contributed by atoms with Crippen molar-refractivity contribution >= 4 is 21.7 Å². The Balaban J connectivity index is 3.58. The highest BCUT2D eigenvalue weighted by Gasteiger charge is 2.29. The van der Waals surface area contributed by atoms with Gasteiger partial charge in [0.15, 0.2) is 5.78 Å². The fourth-order valence-corrected chi connectivity index (χ4v) is 1.91. The molecular weight excluding hydrogens is 268 g/mol. The summed E-state index contributed by atoms with van der Waals surface area (Å²) in [4.78, 5) is 11.6. The molecular formula is C13H25BrO2. The third kappa shape index (κ3) is 7.39. The van der Waals surface area contributed by atoms with Crippen molar-refractivity contribution in [3.63, 3.8) is 0 Å². The Morgan fingerprint density at radius 2 is 1.69 bits per heavy atom. The molecule has 0 radical (unpaired) electrons. The maximum absolute atomic E-state index is 11.6. The molecule has 0 aliphatic heterocycles. The summed E-state index contributed by atoms with van der Waals surface area (Å²) in [6.07, 6.45) is 6.87. The van der Waals surface area contributed by atoms with Crippen molar-refractivity contribution in [3.8, 4) is 0 Å². The van der Waals surface area contributed by atoms with Crippen LogP contribution in [0.15, 0.2) is 0 Å². The van der Waals surface area contributed by atoms with E-state index in [0.29, 0.717) is 6.42 Å². The maximum Gasteiger partial charge on any atom is 0.177 e. The second-order valence-electron chi connectivity index (χ2n) is 4.91. The number of halogens is 1. The van der Waals surface area contributed by atoms with Gasteiger partial charge in [-0.15, -0.1) is 0 Å².